The Morgan fingerprint density at radius 3 is 2.30 bits per heavy atom. The van der Waals surface area contributed by atoms with Gasteiger partial charge in [0.1, 0.15) is 23.0 Å². The number of unbranched alkanes of at least 4 members (excludes halogenated alkanes) is 4. The molecule has 0 N–H and O–H groups in total. The SMILES string of the molecule is CC(C)(C)OC(=O)c1ccc(N2CCN(CCCCCCCOc3ccc4c(c3)C(=O)N(C3CCC(=O)CC3=O)C4=O)CC2)nc1. The molecule has 1 atom stereocenters. The lowest BCUT2D eigenvalue weighted by molar-refractivity contribution is -0.132. The standard InChI is InChI=1S/C35H44N4O7/c1-35(2,3)46-34(44)24-9-14-31(36-23-24)38-18-16-37(17-19-38)15-7-5-4-6-8-20-45-26-11-12-27-28(22-26)33(43)39(32(27)42)29-13-10-25(40)21-30(29)41/h9,11-12,14,22-23,29H,4-8,10,13,15-21H2,1-3H3. The summed E-state index contributed by atoms with van der Waals surface area (Å²) in [5.41, 5.74) is 0.449. The van der Waals surface area contributed by atoms with Crippen LogP contribution in [0, 0.1) is 0 Å². The lowest BCUT2D eigenvalue weighted by Gasteiger charge is -2.35. The van der Waals surface area contributed by atoms with Gasteiger partial charge >= 0.3 is 5.97 Å². The van der Waals surface area contributed by atoms with Gasteiger partial charge in [-0.3, -0.25) is 29.0 Å². The highest BCUT2D eigenvalue weighted by Gasteiger charge is 2.44. The summed E-state index contributed by atoms with van der Waals surface area (Å²) in [6.07, 6.45) is 7.08. The Bertz CT molecular complexity index is 1460. The van der Waals surface area contributed by atoms with Gasteiger partial charge in [-0.1, -0.05) is 19.3 Å². The van der Waals surface area contributed by atoms with Crippen LogP contribution in [0.4, 0.5) is 5.82 Å². The number of pyridine rings is 1. The van der Waals surface area contributed by atoms with Crippen molar-refractivity contribution in [3.8, 4) is 5.75 Å². The topological polar surface area (TPSA) is 126 Å². The fourth-order valence-electron chi connectivity index (χ4n) is 6.13. The molecule has 2 aromatic rings. The molecule has 11 nitrogen and oxygen atoms in total. The lowest BCUT2D eigenvalue weighted by Crippen LogP contribution is -2.47. The third-order valence-corrected chi connectivity index (χ3v) is 8.61. The molecule has 11 heteroatoms. The van der Waals surface area contributed by atoms with Crippen molar-refractivity contribution in [1.29, 1.82) is 0 Å². The second-order valence-electron chi connectivity index (χ2n) is 13.3. The van der Waals surface area contributed by atoms with Gasteiger partial charge in [0.15, 0.2) is 5.78 Å². The number of Topliss-reactive ketones (excluding diaryl/α,β-unsaturated/α-hetero) is 2. The molecule has 246 valence electrons. The summed E-state index contributed by atoms with van der Waals surface area (Å²) in [6.45, 7) is 10.9. The summed E-state index contributed by atoms with van der Waals surface area (Å²) in [5, 5.41) is 0. The number of ketones is 2. The minimum atomic E-state index is -0.868. The molecule has 1 unspecified atom stereocenters. The van der Waals surface area contributed by atoms with Crippen LogP contribution in [0.25, 0.3) is 0 Å². The molecule has 3 aliphatic rings. The molecule has 2 fully saturated rings. The predicted molar refractivity (Wildman–Crippen MR) is 171 cm³/mol. The molecular formula is C35H44N4O7. The fraction of sp³-hybridized carbons (Fsp3) is 0.543. The quantitative estimate of drug-likeness (QED) is 0.143. The number of imide groups is 1. The minimum absolute atomic E-state index is 0.150. The van der Waals surface area contributed by atoms with E-state index in [2.05, 4.69) is 14.8 Å². The highest BCUT2D eigenvalue weighted by atomic mass is 16.6. The number of anilines is 1. The fourth-order valence-corrected chi connectivity index (χ4v) is 6.13. The summed E-state index contributed by atoms with van der Waals surface area (Å²) >= 11 is 0. The number of piperazine rings is 1. The molecule has 1 saturated carbocycles. The Balaban J connectivity index is 0.948. The van der Waals surface area contributed by atoms with Crippen molar-refractivity contribution in [2.75, 3.05) is 44.2 Å². The van der Waals surface area contributed by atoms with Crippen LogP contribution in [-0.4, -0.2) is 95.1 Å². The van der Waals surface area contributed by atoms with Crippen LogP contribution >= 0.6 is 0 Å². The third-order valence-electron chi connectivity index (χ3n) is 8.61. The molecule has 3 heterocycles. The second kappa shape index (κ2) is 14.5. The summed E-state index contributed by atoms with van der Waals surface area (Å²) in [5.74, 6) is -0.449. The van der Waals surface area contributed by atoms with Crippen molar-refractivity contribution in [3.05, 3.63) is 53.2 Å². The summed E-state index contributed by atoms with van der Waals surface area (Å²) in [4.78, 5) is 72.3. The molecule has 46 heavy (non-hydrogen) atoms. The molecule has 1 aromatic carbocycles. The number of ether oxygens (including phenoxy) is 2. The van der Waals surface area contributed by atoms with E-state index in [0.717, 1.165) is 75.5 Å². The van der Waals surface area contributed by atoms with Crippen molar-refractivity contribution in [2.45, 2.75) is 83.8 Å². The van der Waals surface area contributed by atoms with Gasteiger partial charge in [0.05, 0.1) is 35.8 Å². The highest BCUT2D eigenvalue weighted by Crippen LogP contribution is 2.31. The van der Waals surface area contributed by atoms with Gasteiger partial charge in [-0.2, -0.15) is 0 Å². The van der Waals surface area contributed by atoms with Crippen molar-refractivity contribution in [1.82, 2.24) is 14.8 Å². The molecule has 0 spiro atoms. The molecule has 1 aliphatic carbocycles. The molecule has 2 aliphatic heterocycles. The number of fused-ring (bicyclic) bond motifs is 1. The number of aromatic nitrogens is 1. The first-order chi connectivity index (χ1) is 22.0. The Hall–Kier alpha value is -4.12. The summed E-state index contributed by atoms with van der Waals surface area (Å²) < 4.78 is 11.3. The molecule has 2 amide bonds. The number of carbonyl (C=O) groups is 5. The smallest absolute Gasteiger partial charge is 0.340 e. The Morgan fingerprint density at radius 2 is 1.61 bits per heavy atom. The summed E-state index contributed by atoms with van der Waals surface area (Å²) in [6, 6.07) is 7.67. The van der Waals surface area contributed by atoms with Crippen LogP contribution in [0.15, 0.2) is 36.5 Å². The van der Waals surface area contributed by atoms with Crippen molar-refractivity contribution in [3.63, 3.8) is 0 Å². The number of carbonyl (C=O) groups excluding carboxylic acids is 5. The average Bonchev–Trinajstić information content (AvgIpc) is 3.26. The van der Waals surface area contributed by atoms with Crippen LogP contribution in [0.3, 0.4) is 0 Å². The number of benzene rings is 1. The highest BCUT2D eigenvalue weighted by molar-refractivity contribution is 6.23. The normalized spacial score (nSPS) is 19.1. The molecule has 0 radical (unpaired) electrons. The van der Waals surface area contributed by atoms with E-state index in [1.54, 1.807) is 30.5 Å². The first-order valence-electron chi connectivity index (χ1n) is 16.4. The van der Waals surface area contributed by atoms with E-state index in [-0.39, 0.29) is 47.9 Å². The van der Waals surface area contributed by atoms with Gasteiger partial charge < -0.3 is 14.4 Å². The molecular weight excluding hydrogens is 588 g/mol. The minimum Gasteiger partial charge on any atom is -0.494 e. The van der Waals surface area contributed by atoms with Gasteiger partial charge in [-0.05, 0) is 76.9 Å². The number of hydrogen-bond acceptors (Lipinski definition) is 10. The number of esters is 1. The summed E-state index contributed by atoms with van der Waals surface area (Å²) in [7, 11) is 0. The first kappa shape index (κ1) is 33.2. The second-order valence-corrected chi connectivity index (χ2v) is 13.3. The van der Waals surface area contributed by atoms with E-state index >= 15 is 0 Å². The maximum absolute atomic E-state index is 13.0. The van der Waals surface area contributed by atoms with Crippen molar-refractivity contribution in [2.24, 2.45) is 0 Å². The van der Waals surface area contributed by atoms with Crippen LogP contribution in [0.1, 0.15) is 103 Å². The van der Waals surface area contributed by atoms with Crippen LogP contribution in [0.2, 0.25) is 0 Å². The maximum atomic E-state index is 13.0. The van der Waals surface area contributed by atoms with E-state index in [1.165, 1.54) is 0 Å². The monoisotopic (exact) mass is 632 g/mol. The molecule has 5 rings (SSSR count). The number of amides is 2. The number of rotatable bonds is 12. The zero-order valence-electron chi connectivity index (χ0n) is 27.1. The zero-order chi connectivity index (χ0) is 32.8. The van der Waals surface area contributed by atoms with Gasteiger partial charge in [-0.25, -0.2) is 9.78 Å². The predicted octanol–water partition coefficient (Wildman–Crippen LogP) is 4.48. The van der Waals surface area contributed by atoms with E-state index in [0.29, 0.717) is 17.9 Å². The van der Waals surface area contributed by atoms with Crippen LogP contribution < -0.4 is 9.64 Å². The molecule has 1 aromatic heterocycles. The Morgan fingerprint density at radius 1 is 0.891 bits per heavy atom. The van der Waals surface area contributed by atoms with E-state index in [1.807, 2.05) is 26.8 Å². The maximum Gasteiger partial charge on any atom is 0.340 e. The van der Waals surface area contributed by atoms with E-state index in [9.17, 15) is 24.0 Å². The number of nitrogens with zero attached hydrogens (tertiary/aromatic N) is 4. The first-order valence-corrected chi connectivity index (χ1v) is 16.4. The van der Waals surface area contributed by atoms with E-state index in [4.69, 9.17) is 9.47 Å². The lowest BCUT2D eigenvalue weighted by atomic mass is 9.92. The third kappa shape index (κ3) is 8.17. The zero-order valence-corrected chi connectivity index (χ0v) is 27.1. The van der Waals surface area contributed by atoms with Crippen molar-refractivity contribution < 1.29 is 33.4 Å². The Kier molecular flexibility index (Phi) is 10.5. The number of hydrogen-bond donors (Lipinski definition) is 0. The van der Waals surface area contributed by atoms with Gasteiger partial charge in [0.2, 0.25) is 0 Å². The van der Waals surface area contributed by atoms with Gasteiger partial charge in [0.25, 0.3) is 11.8 Å². The largest absolute Gasteiger partial charge is 0.494 e. The van der Waals surface area contributed by atoms with Gasteiger partial charge in [0, 0.05) is 38.8 Å². The van der Waals surface area contributed by atoms with Crippen LogP contribution in [-0.2, 0) is 14.3 Å². The van der Waals surface area contributed by atoms with Gasteiger partial charge in [-0.15, -0.1) is 0 Å². The molecule has 1 saturated heterocycles. The average molecular weight is 633 g/mol. The Labute approximate surface area is 270 Å². The van der Waals surface area contributed by atoms with Crippen molar-refractivity contribution >= 4 is 35.2 Å². The van der Waals surface area contributed by atoms with Crippen LogP contribution in [0.5, 0.6) is 5.75 Å². The molecule has 0 bridgehead atoms. The van der Waals surface area contributed by atoms with E-state index < -0.39 is 23.5 Å².